The summed E-state index contributed by atoms with van der Waals surface area (Å²) in [6, 6.07) is 6.77. The van der Waals surface area contributed by atoms with Crippen molar-refractivity contribution in [1.29, 1.82) is 0 Å². The monoisotopic (exact) mass is 274 g/mol. The number of nitro benzene ring substituents is 1. The van der Waals surface area contributed by atoms with E-state index in [0.29, 0.717) is 5.92 Å². The van der Waals surface area contributed by atoms with Gasteiger partial charge in [0.15, 0.2) is 0 Å². The molecule has 1 atom stereocenters. The normalized spacial score (nSPS) is 12.3. The van der Waals surface area contributed by atoms with Crippen molar-refractivity contribution in [3.63, 3.8) is 0 Å². The van der Waals surface area contributed by atoms with Crippen LogP contribution < -0.4 is 0 Å². The van der Waals surface area contributed by atoms with Gasteiger partial charge < -0.3 is 0 Å². The topological polar surface area (TPSA) is 73.8 Å². The van der Waals surface area contributed by atoms with E-state index in [1.54, 1.807) is 16.8 Å². The molecule has 0 spiro atoms. The third-order valence-corrected chi connectivity index (χ3v) is 3.43. The molecule has 6 heteroatoms. The van der Waals surface area contributed by atoms with Crippen LogP contribution in [0.4, 0.5) is 5.69 Å². The van der Waals surface area contributed by atoms with Crippen LogP contribution in [0.2, 0.25) is 0 Å². The van der Waals surface area contributed by atoms with Crippen LogP contribution in [0.15, 0.2) is 30.5 Å². The molecule has 0 saturated carbocycles. The second-order valence-electron chi connectivity index (χ2n) is 4.72. The number of rotatable bonds is 6. The molecule has 0 radical (unpaired) electrons. The number of benzene rings is 1. The van der Waals surface area contributed by atoms with Crippen LogP contribution in [0.5, 0.6) is 0 Å². The van der Waals surface area contributed by atoms with Crippen molar-refractivity contribution in [1.82, 2.24) is 15.0 Å². The third-order valence-electron chi connectivity index (χ3n) is 3.43. The molecular formula is C14H18N4O2. The fourth-order valence-electron chi connectivity index (χ4n) is 2.21. The largest absolute Gasteiger partial charge is 0.269 e. The molecule has 2 rings (SSSR count). The predicted octanol–water partition coefficient (Wildman–Crippen LogP) is 2.94. The second kappa shape index (κ2) is 6.27. The van der Waals surface area contributed by atoms with Gasteiger partial charge in [0.2, 0.25) is 0 Å². The summed E-state index contributed by atoms with van der Waals surface area (Å²) in [5, 5.41) is 18.8. The summed E-state index contributed by atoms with van der Waals surface area (Å²) in [7, 11) is 0. The Morgan fingerprint density at radius 3 is 2.50 bits per heavy atom. The minimum Gasteiger partial charge on any atom is -0.258 e. The molecule has 0 bridgehead atoms. The first kappa shape index (κ1) is 14.2. The Balaban J connectivity index is 2.13. The maximum Gasteiger partial charge on any atom is 0.269 e. The number of aryl methyl sites for hydroxylation is 1. The van der Waals surface area contributed by atoms with Crippen LogP contribution in [-0.4, -0.2) is 19.9 Å². The zero-order valence-electron chi connectivity index (χ0n) is 11.7. The van der Waals surface area contributed by atoms with Crippen molar-refractivity contribution in [2.45, 2.75) is 39.2 Å². The first-order chi connectivity index (χ1) is 9.63. The zero-order valence-corrected chi connectivity index (χ0v) is 11.7. The van der Waals surface area contributed by atoms with Crippen molar-refractivity contribution in [3.8, 4) is 0 Å². The summed E-state index contributed by atoms with van der Waals surface area (Å²) < 4.78 is 1.80. The van der Waals surface area contributed by atoms with Crippen LogP contribution >= 0.6 is 0 Å². The molecule has 6 nitrogen and oxygen atoms in total. The molecule has 2 aromatic rings. The van der Waals surface area contributed by atoms with E-state index in [2.05, 4.69) is 17.2 Å². The lowest BCUT2D eigenvalue weighted by atomic mass is 9.92. The van der Waals surface area contributed by atoms with Gasteiger partial charge in [-0.2, -0.15) is 0 Å². The molecule has 0 saturated heterocycles. The van der Waals surface area contributed by atoms with E-state index < -0.39 is 0 Å². The lowest BCUT2D eigenvalue weighted by molar-refractivity contribution is -0.384. The van der Waals surface area contributed by atoms with Crippen LogP contribution in [-0.2, 0) is 13.0 Å². The molecule has 0 aliphatic heterocycles. The van der Waals surface area contributed by atoms with E-state index in [9.17, 15) is 10.1 Å². The number of aromatic nitrogens is 3. The molecule has 0 aliphatic carbocycles. The van der Waals surface area contributed by atoms with Gasteiger partial charge in [0, 0.05) is 24.9 Å². The second-order valence-corrected chi connectivity index (χ2v) is 4.72. The van der Waals surface area contributed by atoms with Gasteiger partial charge in [-0.1, -0.05) is 24.3 Å². The summed E-state index contributed by atoms with van der Waals surface area (Å²) >= 11 is 0. The number of non-ortho nitro benzene ring substituents is 1. The summed E-state index contributed by atoms with van der Waals surface area (Å²) in [6.45, 7) is 4.93. The van der Waals surface area contributed by atoms with E-state index >= 15 is 0 Å². The van der Waals surface area contributed by atoms with Crippen molar-refractivity contribution in [2.75, 3.05) is 0 Å². The molecule has 0 aliphatic rings. The summed E-state index contributed by atoms with van der Waals surface area (Å²) in [5.74, 6) is 0.304. The fraction of sp³-hybridized carbons (Fsp3) is 0.429. The van der Waals surface area contributed by atoms with E-state index in [1.807, 2.05) is 25.3 Å². The van der Waals surface area contributed by atoms with Gasteiger partial charge >= 0.3 is 0 Å². The van der Waals surface area contributed by atoms with Crippen LogP contribution in [0.25, 0.3) is 0 Å². The van der Waals surface area contributed by atoms with Gasteiger partial charge in [-0.25, -0.2) is 0 Å². The average molecular weight is 274 g/mol. The molecule has 106 valence electrons. The Hall–Kier alpha value is -2.24. The molecular weight excluding hydrogens is 256 g/mol. The molecule has 1 heterocycles. The zero-order chi connectivity index (χ0) is 14.5. The lowest BCUT2D eigenvalue weighted by Crippen LogP contribution is -2.02. The van der Waals surface area contributed by atoms with Crippen LogP contribution in [0.1, 0.15) is 37.4 Å². The van der Waals surface area contributed by atoms with Gasteiger partial charge in [-0.3, -0.25) is 14.8 Å². The quantitative estimate of drug-likeness (QED) is 0.599. The van der Waals surface area contributed by atoms with Crippen LogP contribution in [0, 0.1) is 10.1 Å². The van der Waals surface area contributed by atoms with Gasteiger partial charge in [0.25, 0.3) is 5.69 Å². The lowest BCUT2D eigenvalue weighted by Gasteiger charge is -2.13. The maximum atomic E-state index is 10.7. The Morgan fingerprint density at radius 1 is 1.30 bits per heavy atom. The number of nitrogens with zero attached hydrogens (tertiary/aromatic N) is 4. The number of hydrogen-bond donors (Lipinski definition) is 0. The summed E-state index contributed by atoms with van der Waals surface area (Å²) in [5.41, 5.74) is 2.18. The molecule has 0 fully saturated rings. The SMILES string of the molecule is CCC(Cc1cn(CC)nn1)c1ccc([N+](=O)[O-])cc1. The highest BCUT2D eigenvalue weighted by Gasteiger charge is 2.14. The fourth-order valence-corrected chi connectivity index (χ4v) is 2.21. The molecule has 20 heavy (non-hydrogen) atoms. The van der Waals surface area contributed by atoms with Crippen molar-refractivity contribution in [2.24, 2.45) is 0 Å². The van der Waals surface area contributed by atoms with Crippen molar-refractivity contribution in [3.05, 3.63) is 51.8 Å². The predicted molar refractivity (Wildman–Crippen MR) is 75.5 cm³/mol. The van der Waals surface area contributed by atoms with Crippen LogP contribution in [0.3, 0.4) is 0 Å². The molecule has 1 aromatic carbocycles. The minimum absolute atomic E-state index is 0.125. The first-order valence-electron chi connectivity index (χ1n) is 6.77. The summed E-state index contributed by atoms with van der Waals surface area (Å²) in [4.78, 5) is 10.3. The van der Waals surface area contributed by atoms with E-state index in [4.69, 9.17) is 0 Å². The van der Waals surface area contributed by atoms with E-state index in [-0.39, 0.29) is 10.6 Å². The molecule has 0 amide bonds. The Bertz CT molecular complexity index is 577. The first-order valence-corrected chi connectivity index (χ1v) is 6.77. The Labute approximate surface area is 117 Å². The van der Waals surface area contributed by atoms with E-state index in [0.717, 1.165) is 30.6 Å². The Morgan fingerprint density at radius 2 is 2.00 bits per heavy atom. The standard InChI is InChI=1S/C14H18N4O2/c1-3-11(9-13-10-17(4-2)16-15-13)12-5-7-14(8-6-12)18(19)20/h5-8,10-11H,3-4,9H2,1-2H3. The van der Waals surface area contributed by atoms with Gasteiger partial charge in [0.1, 0.15) is 0 Å². The molecule has 1 unspecified atom stereocenters. The molecule has 1 aromatic heterocycles. The Kier molecular flexibility index (Phi) is 4.45. The average Bonchev–Trinajstić information content (AvgIpc) is 2.92. The maximum absolute atomic E-state index is 10.7. The third kappa shape index (κ3) is 3.20. The number of nitro groups is 1. The molecule has 0 N–H and O–H groups in total. The highest BCUT2D eigenvalue weighted by atomic mass is 16.6. The van der Waals surface area contributed by atoms with Gasteiger partial charge in [-0.05, 0) is 31.2 Å². The van der Waals surface area contributed by atoms with E-state index in [1.165, 1.54) is 0 Å². The van der Waals surface area contributed by atoms with Crippen molar-refractivity contribution >= 4 is 5.69 Å². The highest BCUT2D eigenvalue weighted by Crippen LogP contribution is 2.25. The van der Waals surface area contributed by atoms with Gasteiger partial charge in [0.05, 0.1) is 10.6 Å². The summed E-state index contributed by atoms with van der Waals surface area (Å²) in [6.07, 6.45) is 3.71. The van der Waals surface area contributed by atoms with Crippen molar-refractivity contribution < 1.29 is 4.92 Å². The smallest absolute Gasteiger partial charge is 0.258 e. The highest BCUT2D eigenvalue weighted by molar-refractivity contribution is 5.34. The number of hydrogen-bond acceptors (Lipinski definition) is 4. The van der Waals surface area contributed by atoms with Gasteiger partial charge in [-0.15, -0.1) is 5.10 Å². The minimum atomic E-state index is -0.377.